The SMILES string of the molecule is CN(Cc1cscn1)CC(C)(C)c1ccc(N)cc1. The lowest BCUT2D eigenvalue weighted by atomic mass is 9.84. The van der Waals surface area contributed by atoms with Gasteiger partial charge in [-0.1, -0.05) is 26.0 Å². The molecule has 1 aromatic heterocycles. The van der Waals surface area contributed by atoms with Crippen LogP contribution in [0.3, 0.4) is 0 Å². The van der Waals surface area contributed by atoms with E-state index in [1.807, 2.05) is 17.6 Å². The molecule has 2 aromatic rings. The van der Waals surface area contributed by atoms with E-state index in [1.165, 1.54) is 5.56 Å². The van der Waals surface area contributed by atoms with Crippen LogP contribution in [0.2, 0.25) is 0 Å². The molecule has 102 valence electrons. The molecule has 0 radical (unpaired) electrons. The fraction of sp³-hybridized carbons (Fsp3) is 0.400. The maximum atomic E-state index is 5.74. The zero-order valence-corrected chi connectivity index (χ0v) is 12.6. The first-order valence-electron chi connectivity index (χ1n) is 6.39. The van der Waals surface area contributed by atoms with E-state index in [0.717, 1.165) is 24.5 Å². The average molecular weight is 275 g/mol. The van der Waals surface area contributed by atoms with Crippen molar-refractivity contribution >= 4 is 17.0 Å². The molecular weight excluding hydrogens is 254 g/mol. The summed E-state index contributed by atoms with van der Waals surface area (Å²) in [4.78, 5) is 6.64. The number of benzene rings is 1. The van der Waals surface area contributed by atoms with Gasteiger partial charge in [0.2, 0.25) is 0 Å². The number of rotatable bonds is 5. The first-order chi connectivity index (χ1) is 8.97. The van der Waals surface area contributed by atoms with Crippen LogP contribution in [-0.4, -0.2) is 23.5 Å². The van der Waals surface area contributed by atoms with Gasteiger partial charge in [-0.2, -0.15) is 0 Å². The number of hydrogen-bond acceptors (Lipinski definition) is 4. The molecule has 0 saturated carbocycles. The second kappa shape index (κ2) is 5.72. The predicted molar refractivity (Wildman–Crippen MR) is 82.3 cm³/mol. The van der Waals surface area contributed by atoms with Crippen molar-refractivity contribution in [1.82, 2.24) is 9.88 Å². The van der Waals surface area contributed by atoms with E-state index in [4.69, 9.17) is 5.73 Å². The van der Waals surface area contributed by atoms with Gasteiger partial charge >= 0.3 is 0 Å². The van der Waals surface area contributed by atoms with Crippen molar-refractivity contribution in [3.8, 4) is 0 Å². The van der Waals surface area contributed by atoms with Gasteiger partial charge in [-0.3, -0.25) is 4.90 Å². The Labute approximate surface area is 119 Å². The first-order valence-corrected chi connectivity index (χ1v) is 7.33. The van der Waals surface area contributed by atoms with Crippen molar-refractivity contribution < 1.29 is 0 Å². The molecule has 0 bridgehead atoms. The van der Waals surface area contributed by atoms with Gasteiger partial charge in [-0.25, -0.2) is 4.98 Å². The van der Waals surface area contributed by atoms with Crippen LogP contribution in [0.15, 0.2) is 35.2 Å². The summed E-state index contributed by atoms with van der Waals surface area (Å²) in [5, 5.41) is 2.10. The number of anilines is 1. The maximum absolute atomic E-state index is 5.74. The number of nitrogens with two attached hydrogens (primary N) is 1. The van der Waals surface area contributed by atoms with Gasteiger partial charge in [0, 0.05) is 29.6 Å². The number of nitrogens with zero attached hydrogens (tertiary/aromatic N) is 2. The Hall–Kier alpha value is -1.39. The molecule has 3 nitrogen and oxygen atoms in total. The van der Waals surface area contributed by atoms with Gasteiger partial charge in [0.1, 0.15) is 0 Å². The highest BCUT2D eigenvalue weighted by Gasteiger charge is 2.22. The number of thiazole rings is 1. The largest absolute Gasteiger partial charge is 0.399 e. The van der Waals surface area contributed by atoms with Crippen molar-refractivity contribution in [2.24, 2.45) is 0 Å². The lowest BCUT2D eigenvalue weighted by Crippen LogP contribution is -2.34. The lowest BCUT2D eigenvalue weighted by molar-refractivity contribution is 0.259. The van der Waals surface area contributed by atoms with Crippen LogP contribution in [-0.2, 0) is 12.0 Å². The second-order valence-corrected chi connectivity index (χ2v) is 6.38. The molecule has 2 N–H and O–H groups in total. The van der Waals surface area contributed by atoms with E-state index in [9.17, 15) is 0 Å². The molecule has 0 saturated heterocycles. The Bertz CT molecular complexity index is 503. The highest BCUT2D eigenvalue weighted by Crippen LogP contribution is 2.25. The Morgan fingerprint density at radius 2 is 1.95 bits per heavy atom. The standard InChI is InChI=1S/C15H21N3S/c1-15(2,12-4-6-13(16)7-5-12)10-18(3)8-14-9-19-11-17-14/h4-7,9,11H,8,10,16H2,1-3H3. The minimum atomic E-state index is 0.0957. The van der Waals surface area contributed by atoms with Gasteiger partial charge in [-0.15, -0.1) is 11.3 Å². The quantitative estimate of drug-likeness (QED) is 0.852. The summed E-state index contributed by atoms with van der Waals surface area (Å²) in [6, 6.07) is 8.17. The summed E-state index contributed by atoms with van der Waals surface area (Å²) in [6.45, 7) is 6.39. The molecular formula is C15H21N3S. The van der Waals surface area contributed by atoms with E-state index in [-0.39, 0.29) is 5.41 Å². The molecule has 0 aliphatic heterocycles. The van der Waals surface area contributed by atoms with E-state index in [1.54, 1.807) is 11.3 Å². The third-order valence-corrected chi connectivity index (χ3v) is 3.91. The Kier molecular flexibility index (Phi) is 4.22. The normalized spacial score (nSPS) is 12.0. The summed E-state index contributed by atoms with van der Waals surface area (Å²) in [7, 11) is 2.14. The Morgan fingerprint density at radius 3 is 2.53 bits per heavy atom. The van der Waals surface area contributed by atoms with Gasteiger partial charge in [0.15, 0.2) is 0 Å². The molecule has 0 atom stereocenters. The molecule has 19 heavy (non-hydrogen) atoms. The van der Waals surface area contributed by atoms with Crippen LogP contribution in [0, 0.1) is 0 Å². The van der Waals surface area contributed by atoms with Gasteiger partial charge in [0.25, 0.3) is 0 Å². The average Bonchev–Trinajstić information content (AvgIpc) is 2.81. The molecule has 1 aromatic carbocycles. The van der Waals surface area contributed by atoms with Crippen LogP contribution in [0.25, 0.3) is 0 Å². The van der Waals surface area contributed by atoms with E-state index >= 15 is 0 Å². The zero-order valence-electron chi connectivity index (χ0n) is 11.8. The van der Waals surface area contributed by atoms with Crippen LogP contribution < -0.4 is 5.73 Å². The minimum absolute atomic E-state index is 0.0957. The van der Waals surface area contributed by atoms with E-state index in [2.05, 4.69) is 48.3 Å². The first kappa shape index (κ1) is 14.0. The molecule has 0 spiro atoms. The molecule has 4 heteroatoms. The lowest BCUT2D eigenvalue weighted by Gasteiger charge is -2.30. The molecule has 1 heterocycles. The fourth-order valence-electron chi connectivity index (χ4n) is 2.35. The Balaban J connectivity index is 2.01. The predicted octanol–water partition coefficient (Wildman–Crippen LogP) is 3.13. The zero-order chi connectivity index (χ0) is 13.9. The fourth-order valence-corrected chi connectivity index (χ4v) is 2.90. The van der Waals surface area contributed by atoms with E-state index in [0.29, 0.717) is 0 Å². The smallest absolute Gasteiger partial charge is 0.0795 e. The number of aromatic nitrogens is 1. The molecule has 2 rings (SSSR count). The van der Waals surface area contributed by atoms with Crippen molar-refractivity contribution in [2.45, 2.75) is 25.8 Å². The third kappa shape index (κ3) is 3.78. The molecule has 0 aliphatic carbocycles. The van der Waals surface area contributed by atoms with Crippen LogP contribution >= 0.6 is 11.3 Å². The van der Waals surface area contributed by atoms with Gasteiger partial charge in [0.05, 0.1) is 11.2 Å². The number of nitrogen functional groups attached to an aromatic ring is 1. The van der Waals surface area contributed by atoms with Crippen LogP contribution in [0.5, 0.6) is 0 Å². The topological polar surface area (TPSA) is 42.2 Å². The molecule has 0 fully saturated rings. The van der Waals surface area contributed by atoms with Crippen molar-refractivity contribution in [1.29, 1.82) is 0 Å². The van der Waals surface area contributed by atoms with E-state index < -0.39 is 0 Å². The summed E-state index contributed by atoms with van der Waals surface area (Å²) >= 11 is 1.65. The van der Waals surface area contributed by atoms with Crippen molar-refractivity contribution in [3.05, 3.63) is 46.4 Å². The Morgan fingerprint density at radius 1 is 1.26 bits per heavy atom. The maximum Gasteiger partial charge on any atom is 0.0795 e. The second-order valence-electron chi connectivity index (χ2n) is 5.66. The summed E-state index contributed by atoms with van der Waals surface area (Å²) < 4.78 is 0. The highest BCUT2D eigenvalue weighted by atomic mass is 32.1. The van der Waals surface area contributed by atoms with Crippen molar-refractivity contribution in [3.63, 3.8) is 0 Å². The van der Waals surface area contributed by atoms with Crippen LogP contribution in [0.1, 0.15) is 25.1 Å². The van der Waals surface area contributed by atoms with Crippen molar-refractivity contribution in [2.75, 3.05) is 19.3 Å². The van der Waals surface area contributed by atoms with Gasteiger partial charge in [-0.05, 0) is 24.7 Å². The van der Waals surface area contributed by atoms with Gasteiger partial charge < -0.3 is 5.73 Å². The summed E-state index contributed by atoms with van der Waals surface area (Å²) in [6.07, 6.45) is 0. The molecule has 0 amide bonds. The monoisotopic (exact) mass is 275 g/mol. The van der Waals surface area contributed by atoms with Crippen LogP contribution in [0.4, 0.5) is 5.69 Å². The highest BCUT2D eigenvalue weighted by molar-refractivity contribution is 7.07. The molecule has 0 unspecified atom stereocenters. The minimum Gasteiger partial charge on any atom is -0.399 e. The summed E-state index contributed by atoms with van der Waals surface area (Å²) in [5.41, 5.74) is 11.0. The third-order valence-electron chi connectivity index (χ3n) is 3.27. The molecule has 0 aliphatic rings. The summed E-state index contributed by atoms with van der Waals surface area (Å²) in [5.74, 6) is 0. The number of likely N-dealkylation sites (N-methyl/N-ethyl adjacent to an activating group) is 1. The number of hydrogen-bond donors (Lipinski definition) is 1.